The van der Waals surface area contributed by atoms with Crippen molar-refractivity contribution in [2.75, 3.05) is 11.5 Å². The maximum atomic E-state index is 4.69. The highest BCUT2D eigenvalue weighted by atomic mass is 32.2. The van der Waals surface area contributed by atoms with Gasteiger partial charge in [0.15, 0.2) is 0 Å². The average Bonchev–Trinajstić information content (AvgIpc) is 2.88. The molecule has 0 saturated carbocycles. The second kappa shape index (κ2) is 7.19. The number of nitrogens with one attached hydrogen (secondary N) is 1. The van der Waals surface area contributed by atoms with Crippen molar-refractivity contribution in [1.82, 2.24) is 15.1 Å². The molecule has 0 unspecified atom stereocenters. The Hall–Kier alpha value is -0.480. The van der Waals surface area contributed by atoms with Gasteiger partial charge >= 0.3 is 0 Å². The molecule has 1 fully saturated rings. The van der Waals surface area contributed by atoms with Gasteiger partial charge in [0.05, 0.1) is 11.7 Å². The van der Waals surface area contributed by atoms with Crippen LogP contribution in [0, 0.1) is 0 Å². The molecule has 1 aliphatic heterocycles. The lowest BCUT2D eigenvalue weighted by Gasteiger charge is -2.22. The smallest absolute Gasteiger partial charge is 0.0762 e. The Morgan fingerprint density at radius 3 is 2.78 bits per heavy atom. The van der Waals surface area contributed by atoms with Crippen LogP contribution in [-0.4, -0.2) is 27.3 Å². The van der Waals surface area contributed by atoms with Gasteiger partial charge in [-0.2, -0.15) is 16.9 Å². The number of thioether (sulfide) groups is 1. The van der Waals surface area contributed by atoms with Crippen molar-refractivity contribution < 1.29 is 0 Å². The standard InChI is InChI=1S/C14H25N3S/c1-3-14(4-2)17-8-5-13(16-17)11-15-12-6-9-18-10-7-12/h5,8,12,14-15H,3-4,6-7,9-11H2,1-2H3. The van der Waals surface area contributed by atoms with E-state index in [1.54, 1.807) is 0 Å². The van der Waals surface area contributed by atoms with Crippen LogP contribution in [0.4, 0.5) is 0 Å². The molecular formula is C14H25N3S. The first kappa shape index (κ1) is 13.9. The largest absolute Gasteiger partial charge is 0.308 e. The van der Waals surface area contributed by atoms with Crippen molar-refractivity contribution in [3.63, 3.8) is 0 Å². The molecule has 1 N–H and O–H groups in total. The summed E-state index contributed by atoms with van der Waals surface area (Å²) in [5.41, 5.74) is 1.18. The summed E-state index contributed by atoms with van der Waals surface area (Å²) in [4.78, 5) is 0. The molecule has 0 aromatic carbocycles. The zero-order chi connectivity index (χ0) is 12.8. The van der Waals surface area contributed by atoms with Crippen LogP contribution < -0.4 is 5.32 Å². The molecule has 0 spiro atoms. The number of hydrogen-bond acceptors (Lipinski definition) is 3. The first-order valence-corrected chi connectivity index (χ1v) is 8.34. The number of nitrogens with zero attached hydrogens (tertiary/aromatic N) is 2. The molecule has 0 radical (unpaired) electrons. The van der Waals surface area contributed by atoms with Crippen molar-refractivity contribution in [1.29, 1.82) is 0 Å². The molecule has 2 heterocycles. The van der Waals surface area contributed by atoms with Gasteiger partial charge in [0.25, 0.3) is 0 Å². The van der Waals surface area contributed by atoms with Crippen LogP contribution in [0.5, 0.6) is 0 Å². The molecule has 1 aliphatic rings. The minimum absolute atomic E-state index is 0.560. The second-order valence-corrected chi connectivity index (χ2v) is 6.25. The molecular weight excluding hydrogens is 242 g/mol. The summed E-state index contributed by atoms with van der Waals surface area (Å²) in [5.74, 6) is 2.61. The van der Waals surface area contributed by atoms with Gasteiger partial charge < -0.3 is 5.32 Å². The Labute approximate surface area is 115 Å². The summed E-state index contributed by atoms with van der Waals surface area (Å²) < 4.78 is 2.13. The van der Waals surface area contributed by atoms with Crippen molar-refractivity contribution in [3.05, 3.63) is 18.0 Å². The van der Waals surface area contributed by atoms with E-state index in [0.29, 0.717) is 12.1 Å². The Balaban J connectivity index is 1.82. The van der Waals surface area contributed by atoms with Crippen LogP contribution in [0.1, 0.15) is 51.3 Å². The highest BCUT2D eigenvalue weighted by molar-refractivity contribution is 7.99. The molecule has 2 rings (SSSR count). The minimum Gasteiger partial charge on any atom is -0.308 e. The van der Waals surface area contributed by atoms with E-state index in [2.05, 4.69) is 53.0 Å². The topological polar surface area (TPSA) is 29.9 Å². The molecule has 4 heteroatoms. The Morgan fingerprint density at radius 1 is 1.39 bits per heavy atom. The van der Waals surface area contributed by atoms with Crippen LogP contribution in [0.3, 0.4) is 0 Å². The van der Waals surface area contributed by atoms with Crippen molar-refractivity contribution in [2.24, 2.45) is 0 Å². The van der Waals surface area contributed by atoms with Gasteiger partial charge in [0.2, 0.25) is 0 Å². The molecule has 0 aliphatic carbocycles. The van der Waals surface area contributed by atoms with E-state index in [9.17, 15) is 0 Å². The van der Waals surface area contributed by atoms with Gasteiger partial charge in [-0.25, -0.2) is 0 Å². The zero-order valence-electron chi connectivity index (χ0n) is 11.6. The van der Waals surface area contributed by atoms with E-state index < -0.39 is 0 Å². The normalized spacial score (nSPS) is 17.5. The third-order valence-corrected chi connectivity index (χ3v) is 4.82. The average molecular weight is 267 g/mol. The first-order valence-electron chi connectivity index (χ1n) is 7.18. The lowest BCUT2D eigenvalue weighted by Crippen LogP contribution is -2.32. The molecule has 0 bridgehead atoms. The highest BCUT2D eigenvalue weighted by Crippen LogP contribution is 2.18. The predicted octanol–water partition coefficient (Wildman–Crippen LogP) is 3.23. The van der Waals surface area contributed by atoms with E-state index in [0.717, 1.165) is 19.4 Å². The van der Waals surface area contributed by atoms with Crippen molar-refractivity contribution >= 4 is 11.8 Å². The molecule has 0 atom stereocenters. The Morgan fingerprint density at radius 2 is 2.11 bits per heavy atom. The number of rotatable bonds is 6. The Kier molecular flexibility index (Phi) is 5.57. The molecule has 1 aromatic rings. The summed E-state index contributed by atoms with van der Waals surface area (Å²) in [6.45, 7) is 5.38. The predicted molar refractivity (Wildman–Crippen MR) is 79.0 cm³/mol. The monoisotopic (exact) mass is 267 g/mol. The SMILES string of the molecule is CCC(CC)n1ccc(CNC2CCSCC2)n1. The lowest BCUT2D eigenvalue weighted by molar-refractivity contribution is 0.420. The lowest BCUT2D eigenvalue weighted by atomic mass is 10.1. The van der Waals surface area contributed by atoms with E-state index in [4.69, 9.17) is 0 Å². The summed E-state index contributed by atoms with van der Waals surface area (Å²) in [7, 11) is 0. The van der Waals surface area contributed by atoms with Crippen LogP contribution >= 0.6 is 11.8 Å². The van der Waals surface area contributed by atoms with Gasteiger partial charge in [0, 0.05) is 18.8 Å². The number of aromatic nitrogens is 2. The quantitative estimate of drug-likeness (QED) is 0.858. The molecule has 102 valence electrons. The molecule has 3 nitrogen and oxygen atoms in total. The van der Waals surface area contributed by atoms with Gasteiger partial charge in [0.1, 0.15) is 0 Å². The molecule has 18 heavy (non-hydrogen) atoms. The summed E-state index contributed by atoms with van der Waals surface area (Å²) >= 11 is 2.07. The van der Waals surface area contributed by atoms with E-state index in [1.165, 1.54) is 30.0 Å². The van der Waals surface area contributed by atoms with Gasteiger partial charge in [-0.05, 0) is 43.3 Å². The van der Waals surface area contributed by atoms with Crippen LogP contribution in [0.2, 0.25) is 0 Å². The van der Waals surface area contributed by atoms with Gasteiger partial charge in [-0.3, -0.25) is 4.68 Å². The van der Waals surface area contributed by atoms with E-state index >= 15 is 0 Å². The fourth-order valence-corrected chi connectivity index (χ4v) is 3.59. The third kappa shape index (κ3) is 3.75. The molecule has 1 saturated heterocycles. The third-order valence-electron chi connectivity index (χ3n) is 3.77. The van der Waals surface area contributed by atoms with Crippen molar-refractivity contribution in [3.8, 4) is 0 Å². The van der Waals surface area contributed by atoms with Crippen LogP contribution in [-0.2, 0) is 6.54 Å². The summed E-state index contributed by atoms with van der Waals surface area (Å²) in [6, 6.07) is 3.41. The fourth-order valence-electron chi connectivity index (χ4n) is 2.49. The zero-order valence-corrected chi connectivity index (χ0v) is 12.4. The maximum absolute atomic E-state index is 4.69. The summed E-state index contributed by atoms with van der Waals surface area (Å²) in [5, 5.41) is 8.32. The van der Waals surface area contributed by atoms with Crippen LogP contribution in [0.25, 0.3) is 0 Å². The first-order chi connectivity index (χ1) is 8.83. The fraction of sp³-hybridized carbons (Fsp3) is 0.786. The van der Waals surface area contributed by atoms with E-state index in [1.807, 2.05) is 0 Å². The summed E-state index contributed by atoms with van der Waals surface area (Å²) in [6.07, 6.45) is 7.05. The van der Waals surface area contributed by atoms with Crippen LogP contribution in [0.15, 0.2) is 12.3 Å². The second-order valence-electron chi connectivity index (χ2n) is 5.02. The molecule has 0 amide bonds. The van der Waals surface area contributed by atoms with Gasteiger partial charge in [-0.15, -0.1) is 0 Å². The minimum atomic E-state index is 0.560. The highest BCUT2D eigenvalue weighted by Gasteiger charge is 2.13. The van der Waals surface area contributed by atoms with Crippen molar-refractivity contribution in [2.45, 2.75) is 58.2 Å². The molecule has 1 aromatic heterocycles. The Bertz CT molecular complexity index is 341. The number of hydrogen-bond donors (Lipinski definition) is 1. The van der Waals surface area contributed by atoms with E-state index in [-0.39, 0.29) is 0 Å². The van der Waals surface area contributed by atoms with Gasteiger partial charge in [-0.1, -0.05) is 13.8 Å². The maximum Gasteiger partial charge on any atom is 0.0762 e.